The minimum absolute atomic E-state index is 0.114. The predicted octanol–water partition coefficient (Wildman–Crippen LogP) is 2.18. The van der Waals surface area contributed by atoms with Gasteiger partial charge in [-0.25, -0.2) is 8.78 Å². The Morgan fingerprint density at radius 2 is 2.21 bits per heavy atom. The quantitative estimate of drug-likeness (QED) is 0.778. The highest BCUT2D eigenvalue weighted by Crippen LogP contribution is 2.26. The zero-order valence-corrected chi connectivity index (χ0v) is 13.2. The van der Waals surface area contributed by atoms with Crippen molar-refractivity contribution in [1.29, 1.82) is 0 Å². The van der Waals surface area contributed by atoms with Crippen molar-refractivity contribution in [3.63, 3.8) is 0 Å². The molecular weight excluding hydrogens is 316 g/mol. The first-order valence-corrected chi connectivity index (χ1v) is 8.02. The highest BCUT2D eigenvalue weighted by atomic mass is 19.3. The number of pyridine rings is 1. The Kier molecular flexibility index (Phi) is 5.12. The summed E-state index contributed by atoms with van der Waals surface area (Å²) in [5.74, 6) is -0.254. The van der Waals surface area contributed by atoms with E-state index in [0.717, 1.165) is 29.8 Å². The number of nitrogens with zero attached hydrogens (tertiary/aromatic N) is 5. The van der Waals surface area contributed by atoms with Gasteiger partial charge in [0.05, 0.1) is 6.20 Å². The second kappa shape index (κ2) is 7.46. The van der Waals surface area contributed by atoms with E-state index in [4.69, 9.17) is 0 Å². The normalized spacial score (nSPS) is 14.6. The minimum Gasteiger partial charge on any atom is -0.334 e. The molecule has 6 nitrogen and oxygen atoms in total. The van der Waals surface area contributed by atoms with Crippen molar-refractivity contribution in [3.05, 3.63) is 42.0 Å². The van der Waals surface area contributed by atoms with Gasteiger partial charge < -0.3 is 4.90 Å². The zero-order chi connectivity index (χ0) is 16.9. The Bertz CT molecular complexity index is 672. The van der Waals surface area contributed by atoms with Gasteiger partial charge in [0.2, 0.25) is 0 Å². The Balaban J connectivity index is 1.68. The maximum absolute atomic E-state index is 12.7. The van der Waals surface area contributed by atoms with E-state index in [2.05, 4.69) is 15.2 Å². The number of alkyl halides is 2. The molecule has 0 aliphatic heterocycles. The number of aromatic nitrogens is 4. The second-order valence-electron chi connectivity index (χ2n) is 5.83. The Morgan fingerprint density at radius 1 is 1.38 bits per heavy atom. The molecular formula is C16H19F2N5O. The Labute approximate surface area is 138 Å². The highest BCUT2D eigenvalue weighted by molar-refractivity contribution is 5.92. The van der Waals surface area contributed by atoms with Crippen LogP contribution in [-0.2, 0) is 13.0 Å². The second-order valence-corrected chi connectivity index (χ2v) is 5.83. The molecule has 24 heavy (non-hydrogen) atoms. The number of carbonyl (C=O) groups is 1. The summed E-state index contributed by atoms with van der Waals surface area (Å²) < 4.78 is 24.8. The maximum atomic E-state index is 12.7. The van der Waals surface area contributed by atoms with Crippen molar-refractivity contribution >= 4 is 5.91 Å². The topological polar surface area (TPSA) is 63.9 Å². The standard InChI is InChI=1S/C16H19F2N5O/c17-15(18)11-23-20-10-14(21-23)16(24)22(13-5-3-6-13)9-7-12-4-1-2-8-19-12/h1-2,4,8,10,13,15H,3,5-7,9,11H2. The molecule has 0 bridgehead atoms. The van der Waals surface area contributed by atoms with Crippen LogP contribution in [0.15, 0.2) is 30.6 Å². The molecule has 1 saturated carbocycles. The van der Waals surface area contributed by atoms with E-state index < -0.39 is 13.0 Å². The van der Waals surface area contributed by atoms with Crippen LogP contribution in [0.5, 0.6) is 0 Å². The number of rotatable bonds is 7. The van der Waals surface area contributed by atoms with Crippen LogP contribution in [0.1, 0.15) is 35.4 Å². The van der Waals surface area contributed by atoms with E-state index in [1.54, 1.807) is 11.1 Å². The highest BCUT2D eigenvalue weighted by Gasteiger charge is 2.30. The fraction of sp³-hybridized carbons (Fsp3) is 0.500. The summed E-state index contributed by atoms with van der Waals surface area (Å²) in [6.45, 7) is -0.0765. The summed E-state index contributed by atoms with van der Waals surface area (Å²) in [4.78, 5) is 19.6. The van der Waals surface area contributed by atoms with Gasteiger partial charge in [0.1, 0.15) is 6.54 Å². The summed E-state index contributed by atoms with van der Waals surface area (Å²) in [5, 5.41) is 7.63. The van der Waals surface area contributed by atoms with E-state index in [1.165, 1.54) is 6.20 Å². The van der Waals surface area contributed by atoms with Gasteiger partial charge in [-0.2, -0.15) is 9.90 Å². The van der Waals surface area contributed by atoms with Crippen molar-refractivity contribution in [2.24, 2.45) is 0 Å². The van der Waals surface area contributed by atoms with Gasteiger partial charge in [-0.3, -0.25) is 9.78 Å². The first-order valence-electron chi connectivity index (χ1n) is 8.02. The maximum Gasteiger partial charge on any atom is 0.276 e. The molecule has 0 atom stereocenters. The first-order chi connectivity index (χ1) is 11.6. The third kappa shape index (κ3) is 3.93. The molecule has 2 heterocycles. The molecule has 0 aromatic carbocycles. The van der Waals surface area contributed by atoms with Crippen LogP contribution >= 0.6 is 0 Å². The van der Waals surface area contributed by atoms with Gasteiger partial charge in [0.15, 0.2) is 5.69 Å². The predicted molar refractivity (Wildman–Crippen MR) is 82.6 cm³/mol. The van der Waals surface area contributed by atoms with E-state index >= 15 is 0 Å². The molecule has 0 unspecified atom stereocenters. The molecule has 1 amide bonds. The summed E-state index contributed by atoms with van der Waals surface area (Å²) >= 11 is 0. The molecule has 1 fully saturated rings. The molecule has 3 rings (SSSR count). The molecule has 2 aromatic heterocycles. The van der Waals surface area contributed by atoms with Crippen LogP contribution in [0, 0.1) is 0 Å². The van der Waals surface area contributed by atoms with Crippen LogP contribution in [0.3, 0.4) is 0 Å². The summed E-state index contributed by atoms with van der Waals surface area (Å²) in [7, 11) is 0. The Hall–Kier alpha value is -2.38. The third-order valence-corrected chi connectivity index (χ3v) is 4.17. The van der Waals surface area contributed by atoms with Gasteiger partial charge in [0, 0.05) is 30.9 Å². The molecule has 0 saturated heterocycles. The molecule has 1 aliphatic carbocycles. The average molecular weight is 335 g/mol. The van der Waals surface area contributed by atoms with Gasteiger partial charge in [-0.1, -0.05) is 6.07 Å². The molecule has 2 aromatic rings. The SMILES string of the molecule is O=C(c1cnn(CC(F)F)n1)N(CCc1ccccn1)C1CCC1. The smallest absolute Gasteiger partial charge is 0.276 e. The minimum atomic E-state index is -2.55. The van der Waals surface area contributed by atoms with Crippen LogP contribution in [0.25, 0.3) is 0 Å². The lowest BCUT2D eigenvalue weighted by atomic mass is 9.91. The van der Waals surface area contributed by atoms with Crippen molar-refractivity contribution in [1.82, 2.24) is 24.9 Å². The van der Waals surface area contributed by atoms with E-state index in [0.29, 0.717) is 13.0 Å². The molecule has 0 spiro atoms. The fourth-order valence-corrected chi connectivity index (χ4v) is 2.68. The van der Waals surface area contributed by atoms with Crippen LogP contribution < -0.4 is 0 Å². The van der Waals surface area contributed by atoms with Crippen LogP contribution in [-0.4, -0.2) is 49.8 Å². The van der Waals surface area contributed by atoms with Crippen molar-refractivity contribution in [2.45, 2.75) is 44.7 Å². The lowest BCUT2D eigenvalue weighted by Gasteiger charge is -2.37. The lowest BCUT2D eigenvalue weighted by Crippen LogP contribution is -2.45. The molecule has 0 radical (unpaired) electrons. The summed E-state index contributed by atoms with van der Waals surface area (Å²) in [5.41, 5.74) is 1.03. The van der Waals surface area contributed by atoms with E-state index in [1.807, 2.05) is 18.2 Å². The molecule has 1 aliphatic rings. The molecule has 8 heteroatoms. The summed E-state index contributed by atoms with van der Waals surface area (Å²) in [6.07, 6.45) is 4.09. The number of amides is 1. The molecule has 128 valence electrons. The third-order valence-electron chi connectivity index (χ3n) is 4.17. The van der Waals surface area contributed by atoms with Gasteiger partial charge >= 0.3 is 0 Å². The van der Waals surface area contributed by atoms with Crippen molar-refractivity contribution in [2.75, 3.05) is 6.54 Å². The average Bonchev–Trinajstić information content (AvgIpc) is 2.97. The lowest BCUT2D eigenvalue weighted by molar-refractivity contribution is 0.0573. The first kappa shape index (κ1) is 16.5. The van der Waals surface area contributed by atoms with Crippen molar-refractivity contribution in [3.8, 4) is 0 Å². The van der Waals surface area contributed by atoms with E-state index in [9.17, 15) is 13.6 Å². The summed E-state index contributed by atoms with van der Waals surface area (Å²) in [6, 6.07) is 5.86. The number of hydrogen-bond donors (Lipinski definition) is 0. The van der Waals surface area contributed by atoms with Gasteiger partial charge in [0.25, 0.3) is 12.3 Å². The Morgan fingerprint density at radius 3 is 2.83 bits per heavy atom. The van der Waals surface area contributed by atoms with Crippen LogP contribution in [0.2, 0.25) is 0 Å². The van der Waals surface area contributed by atoms with E-state index in [-0.39, 0.29) is 17.6 Å². The van der Waals surface area contributed by atoms with Gasteiger partial charge in [-0.15, -0.1) is 5.10 Å². The number of halogens is 2. The largest absolute Gasteiger partial charge is 0.334 e. The van der Waals surface area contributed by atoms with Crippen LogP contribution in [0.4, 0.5) is 8.78 Å². The fourth-order valence-electron chi connectivity index (χ4n) is 2.68. The molecule has 0 N–H and O–H groups in total. The number of carbonyl (C=O) groups excluding carboxylic acids is 1. The zero-order valence-electron chi connectivity index (χ0n) is 13.2. The van der Waals surface area contributed by atoms with Crippen molar-refractivity contribution < 1.29 is 13.6 Å². The number of hydrogen-bond acceptors (Lipinski definition) is 4. The monoisotopic (exact) mass is 335 g/mol. The van der Waals surface area contributed by atoms with Gasteiger partial charge in [-0.05, 0) is 31.4 Å².